The van der Waals surface area contributed by atoms with Gasteiger partial charge in [0.1, 0.15) is 18.4 Å². The van der Waals surface area contributed by atoms with E-state index in [2.05, 4.69) is 16.2 Å². The molecule has 8 nitrogen and oxygen atoms in total. The molecule has 3 aromatic rings. The number of hydrogen-bond donors (Lipinski definition) is 3. The molecule has 2 amide bonds. The van der Waals surface area contributed by atoms with Gasteiger partial charge in [0.2, 0.25) is 12.0 Å². The average Bonchev–Trinajstić information content (AvgIpc) is 2.84. The van der Waals surface area contributed by atoms with E-state index in [-0.39, 0.29) is 12.5 Å². The number of methoxy groups -OCH3 is 1. The highest BCUT2D eigenvalue weighted by atomic mass is 16.6. The summed E-state index contributed by atoms with van der Waals surface area (Å²) in [6.45, 7) is 0.0660. The molecule has 32 heavy (non-hydrogen) atoms. The summed E-state index contributed by atoms with van der Waals surface area (Å²) in [6, 6.07) is 22.4. The molecule has 2 unspecified atom stereocenters. The summed E-state index contributed by atoms with van der Waals surface area (Å²) in [6.07, 6.45) is -0.852. The molecule has 1 aliphatic rings. The number of fused-ring (bicyclic) bond motifs is 1. The second-order valence-electron chi connectivity index (χ2n) is 7.06. The van der Waals surface area contributed by atoms with Crippen LogP contribution >= 0.6 is 0 Å². The molecule has 164 valence electrons. The van der Waals surface area contributed by atoms with Crippen molar-refractivity contribution in [3.63, 3.8) is 0 Å². The summed E-state index contributed by atoms with van der Waals surface area (Å²) in [5, 5.41) is 2.84. The van der Waals surface area contributed by atoms with Crippen LogP contribution in [-0.2, 0) is 9.59 Å². The van der Waals surface area contributed by atoms with Gasteiger partial charge < -0.3 is 19.5 Å². The van der Waals surface area contributed by atoms with Gasteiger partial charge in [0, 0.05) is 11.8 Å². The topological polar surface area (TPSA) is 97.9 Å². The quantitative estimate of drug-likeness (QED) is 0.496. The first-order chi connectivity index (χ1) is 15.6. The van der Waals surface area contributed by atoms with Crippen LogP contribution in [0.15, 0.2) is 78.9 Å². The van der Waals surface area contributed by atoms with Gasteiger partial charge in [-0.05, 0) is 29.8 Å². The molecule has 0 saturated carbocycles. The fourth-order valence-corrected chi connectivity index (χ4v) is 3.23. The van der Waals surface area contributed by atoms with Crippen LogP contribution in [0.25, 0.3) is 0 Å². The Kier molecular flexibility index (Phi) is 6.52. The number of anilines is 1. The number of nitrogens with one attached hydrogen (secondary N) is 3. The van der Waals surface area contributed by atoms with E-state index in [0.717, 1.165) is 0 Å². The highest BCUT2D eigenvalue weighted by Gasteiger charge is 2.29. The van der Waals surface area contributed by atoms with Gasteiger partial charge in [-0.3, -0.25) is 15.0 Å². The predicted octanol–water partition coefficient (Wildman–Crippen LogP) is 2.84. The second kappa shape index (κ2) is 9.84. The van der Waals surface area contributed by atoms with Gasteiger partial charge in [0.25, 0.3) is 5.91 Å². The van der Waals surface area contributed by atoms with E-state index in [1.807, 2.05) is 24.3 Å². The van der Waals surface area contributed by atoms with Crippen LogP contribution in [0.2, 0.25) is 0 Å². The zero-order valence-electron chi connectivity index (χ0n) is 17.4. The van der Waals surface area contributed by atoms with Gasteiger partial charge in [0.05, 0.1) is 7.11 Å². The van der Waals surface area contributed by atoms with Gasteiger partial charge in [-0.2, -0.15) is 0 Å². The highest BCUT2D eigenvalue weighted by Crippen LogP contribution is 2.30. The third-order valence-electron chi connectivity index (χ3n) is 4.87. The van der Waals surface area contributed by atoms with Crippen LogP contribution in [0.5, 0.6) is 17.2 Å². The van der Waals surface area contributed by atoms with Gasteiger partial charge in [-0.15, -0.1) is 0 Å². The van der Waals surface area contributed by atoms with Crippen molar-refractivity contribution in [3.8, 4) is 17.2 Å². The largest absolute Gasteiger partial charge is 0.497 e. The summed E-state index contributed by atoms with van der Waals surface area (Å²) in [5.41, 5.74) is 6.67. The van der Waals surface area contributed by atoms with Crippen molar-refractivity contribution < 1.29 is 23.8 Å². The minimum absolute atomic E-state index is 0.0660. The number of hydrogen-bond acceptors (Lipinski definition) is 6. The monoisotopic (exact) mass is 433 g/mol. The van der Waals surface area contributed by atoms with Crippen molar-refractivity contribution in [2.24, 2.45) is 0 Å². The fraction of sp³-hybridized carbons (Fsp3) is 0.167. The summed E-state index contributed by atoms with van der Waals surface area (Å²) in [4.78, 5) is 25.7. The Hall–Kier alpha value is -4.04. The first-order valence-electron chi connectivity index (χ1n) is 10.1. The third kappa shape index (κ3) is 4.98. The van der Waals surface area contributed by atoms with Crippen molar-refractivity contribution in [3.05, 3.63) is 84.4 Å². The molecule has 1 aliphatic heterocycles. The van der Waals surface area contributed by atoms with E-state index in [1.54, 1.807) is 61.7 Å². The lowest BCUT2D eigenvalue weighted by atomic mass is 10.1. The number of carbonyl (C=O) groups is 2. The molecule has 0 radical (unpaired) electrons. The van der Waals surface area contributed by atoms with Gasteiger partial charge in [-0.1, -0.05) is 48.5 Å². The Morgan fingerprint density at radius 3 is 2.50 bits per heavy atom. The molecule has 3 aromatic carbocycles. The highest BCUT2D eigenvalue weighted by molar-refractivity contribution is 5.96. The first kappa shape index (κ1) is 21.2. The molecule has 2 atom stereocenters. The van der Waals surface area contributed by atoms with Crippen LogP contribution in [0.1, 0.15) is 11.6 Å². The zero-order valence-corrected chi connectivity index (χ0v) is 17.4. The molecule has 0 spiro atoms. The van der Waals surface area contributed by atoms with Gasteiger partial charge >= 0.3 is 0 Å². The third-order valence-corrected chi connectivity index (χ3v) is 4.87. The van der Waals surface area contributed by atoms with Crippen molar-refractivity contribution in [2.75, 3.05) is 19.0 Å². The number of para-hydroxylation sites is 2. The standard InChI is InChI=1S/C24H23N3O5/c1-30-18-11-7-10-17(14-18)25-24(29)22(16-8-3-2-4-9-16)26-27-23(28)21-15-31-19-12-5-6-13-20(19)32-21/h2-14,21-22,26H,15H2,1H3,(H,25,29)(H,27,28). The molecular formula is C24H23N3O5. The SMILES string of the molecule is COc1cccc(NC(=O)C(NNC(=O)C2COc3ccccc3O2)c2ccccc2)c1. The van der Waals surface area contributed by atoms with Crippen LogP contribution in [0.3, 0.4) is 0 Å². The lowest BCUT2D eigenvalue weighted by Crippen LogP contribution is -2.51. The first-order valence-corrected chi connectivity index (χ1v) is 10.1. The van der Waals surface area contributed by atoms with Crippen molar-refractivity contribution in [1.29, 1.82) is 0 Å². The molecule has 0 fully saturated rings. The number of amides is 2. The Balaban J connectivity index is 1.44. The molecule has 0 saturated heterocycles. The summed E-state index contributed by atoms with van der Waals surface area (Å²) in [5.74, 6) is 0.902. The molecule has 8 heteroatoms. The number of carbonyl (C=O) groups excluding carboxylic acids is 2. The van der Waals surface area contributed by atoms with Crippen LogP contribution in [0.4, 0.5) is 5.69 Å². The molecule has 0 aliphatic carbocycles. The smallest absolute Gasteiger partial charge is 0.278 e. The van der Waals surface area contributed by atoms with E-state index < -0.39 is 18.1 Å². The maximum atomic E-state index is 13.0. The van der Waals surface area contributed by atoms with Crippen LogP contribution in [-0.4, -0.2) is 31.6 Å². The van der Waals surface area contributed by atoms with E-state index in [1.165, 1.54) is 0 Å². The number of benzene rings is 3. The lowest BCUT2D eigenvalue weighted by molar-refractivity contribution is -0.132. The average molecular weight is 433 g/mol. The van der Waals surface area contributed by atoms with E-state index in [9.17, 15) is 9.59 Å². The molecule has 3 N–H and O–H groups in total. The molecule has 1 heterocycles. The number of hydrazine groups is 1. The normalized spacial score (nSPS) is 15.3. The number of ether oxygens (including phenoxy) is 3. The summed E-state index contributed by atoms with van der Waals surface area (Å²) in [7, 11) is 1.56. The van der Waals surface area contributed by atoms with E-state index >= 15 is 0 Å². The maximum absolute atomic E-state index is 13.0. The molecular weight excluding hydrogens is 410 g/mol. The van der Waals surface area contributed by atoms with E-state index in [0.29, 0.717) is 28.5 Å². The van der Waals surface area contributed by atoms with Crippen LogP contribution in [0, 0.1) is 0 Å². The van der Waals surface area contributed by atoms with Crippen molar-refractivity contribution in [1.82, 2.24) is 10.9 Å². The minimum atomic E-state index is -0.852. The zero-order chi connectivity index (χ0) is 22.3. The fourth-order valence-electron chi connectivity index (χ4n) is 3.23. The molecule has 4 rings (SSSR count). The van der Waals surface area contributed by atoms with Crippen molar-refractivity contribution >= 4 is 17.5 Å². The molecule has 0 aromatic heterocycles. The van der Waals surface area contributed by atoms with E-state index in [4.69, 9.17) is 14.2 Å². The summed E-state index contributed by atoms with van der Waals surface area (Å²) >= 11 is 0. The lowest BCUT2D eigenvalue weighted by Gasteiger charge is -2.26. The van der Waals surface area contributed by atoms with Gasteiger partial charge in [0.15, 0.2) is 11.5 Å². The Morgan fingerprint density at radius 1 is 0.969 bits per heavy atom. The Bertz CT molecular complexity index is 1090. The Labute approximate surface area is 185 Å². The predicted molar refractivity (Wildman–Crippen MR) is 118 cm³/mol. The summed E-state index contributed by atoms with van der Waals surface area (Å²) < 4.78 is 16.5. The van der Waals surface area contributed by atoms with Crippen LogP contribution < -0.4 is 30.4 Å². The van der Waals surface area contributed by atoms with Crippen molar-refractivity contribution in [2.45, 2.75) is 12.1 Å². The Morgan fingerprint density at radius 2 is 1.72 bits per heavy atom. The van der Waals surface area contributed by atoms with Gasteiger partial charge in [-0.25, -0.2) is 5.43 Å². The maximum Gasteiger partial charge on any atom is 0.278 e. The molecule has 0 bridgehead atoms. The minimum Gasteiger partial charge on any atom is -0.497 e. The number of rotatable bonds is 7. The second-order valence-corrected chi connectivity index (χ2v) is 7.06.